The first kappa shape index (κ1) is 14.8. The fraction of sp³-hybridized carbons (Fsp3) is 0. The van der Waals surface area contributed by atoms with Gasteiger partial charge >= 0.3 is 10.1 Å². The summed E-state index contributed by atoms with van der Waals surface area (Å²) >= 11 is 11.6. The molecule has 1 radical (unpaired) electrons. The molecule has 2 rings (SSSR count). The van der Waals surface area contributed by atoms with Gasteiger partial charge in [-0.15, -0.1) is 0 Å². The summed E-state index contributed by atoms with van der Waals surface area (Å²) in [7, 11) is -3.95. The second-order valence-electron chi connectivity index (χ2n) is 3.67. The Hall–Kier alpha value is -1.56. The third kappa shape index (κ3) is 3.72. The normalized spacial score (nSPS) is 11.7. The number of halogens is 2. The Balaban J connectivity index is 2.14. The minimum Gasteiger partial charge on any atom is -0.264 e. The minimum atomic E-state index is -3.95. The van der Waals surface area contributed by atoms with Crippen molar-refractivity contribution in [2.24, 2.45) is 5.16 Å². The number of hydrogen-bond donors (Lipinski definition) is 0. The van der Waals surface area contributed by atoms with Crippen LogP contribution in [0.2, 0.25) is 10.0 Å². The van der Waals surface area contributed by atoms with E-state index in [1.54, 1.807) is 30.3 Å². The van der Waals surface area contributed by atoms with Crippen molar-refractivity contribution in [3.8, 4) is 0 Å². The molecular weight excluding hydrogens is 321 g/mol. The van der Waals surface area contributed by atoms with E-state index in [9.17, 15) is 8.42 Å². The third-order valence-electron chi connectivity index (χ3n) is 2.26. The Kier molecular flexibility index (Phi) is 4.65. The van der Waals surface area contributed by atoms with Crippen LogP contribution < -0.4 is 0 Å². The van der Waals surface area contributed by atoms with Gasteiger partial charge in [-0.3, -0.25) is 4.28 Å². The van der Waals surface area contributed by atoms with E-state index in [0.29, 0.717) is 15.6 Å². The molecule has 0 atom stereocenters. The maximum absolute atomic E-state index is 11.8. The summed E-state index contributed by atoms with van der Waals surface area (Å²) in [5.41, 5.74) is 0.374. The largest absolute Gasteiger partial charge is 0.358 e. The van der Waals surface area contributed by atoms with E-state index >= 15 is 0 Å². The van der Waals surface area contributed by atoms with Crippen molar-refractivity contribution in [3.63, 3.8) is 0 Å². The molecule has 0 unspecified atom stereocenters. The summed E-state index contributed by atoms with van der Waals surface area (Å²) in [5, 5.41) is 4.06. The molecule has 0 aliphatic carbocycles. The van der Waals surface area contributed by atoms with Crippen molar-refractivity contribution in [2.45, 2.75) is 4.90 Å². The van der Waals surface area contributed by atoms with Crippen molar-refractivity contribution < 1.29 is 12.7 Å². The Labute approximate surface area is 126 Å². The summed E-state index contributed by atoms with van der Waals surface area (Å²) in [5.74, 6) is 0. The molecule has 4 nitrogen and oxygen atoms in total. The molecule has 0 aromatic heterocycles. The quantitative estimate of drug-likeness (QED) is 0.636. The summed E-state index contributed by atoms with van der Waals surface area (Å²) in [6, 6.07) is 12.3. The van der Waals surface area contributed by atoms with E-state index in [2.05, 4.69) is 15.7 Å². The maximum atomic E-state index is 11.8. The molecule has 0 fully saturated rings. The van der Waals surface area contributed by atoms with E-state index in [-0.39, 0.29) is 4.90 Å². The van der Waals surface area contributed by atoms with Gasteiger partial charge in [-0.1, -0.05) is 46.6 Å². The highest BCUT2D eigenvalue weighted by Crippen LogP contribution is 2.19. The lowest BCUT2D eigenvalue weighted by Gasteiger charge is -2.00. The van der Waals surface area contributed by atoms with Crippen LogP contribution in [0.1, 0.15) is 5.56 Å². The van der Waals surface area contributed by atoms with Gasteiger partial charge in [0.05, 0.1) is 5.02 Å². The predicted octanol–water partition coefficient (Wildman–Crippen LogP) is 3.61. The van der Waals surface area contributed by atoms with Crippen molar-refractivity contribution in [3.05, 3.63) is 64.1 Å². The first-order valence-corrected chi connectivity index (χ1v) is 7.55. The van der Waals surface area contributed by atoms with Gasteiger partial charge in [-0.2, -0.15) is 8.42 Å². The molecule has 0 saturated heterocycles. The van der Waals surface area contributed by atoms with Crippen molar-refractivity contribution in [2.75, 3.05) is 0 Å². The zero-order valence-electron chi connectivity index (χ0n) is 9.95. The number of nitrogens with zero attached hydrogens (tertiary/aromatic N) is 1. The Morgan fingerprint density at radius 3 is 2.40 bits per heavy atom. The molecule has 0 bridgehead atoms. The highest BCUT2D eigenvalue weighted by atomic mass is 35.5. The molecule has 0 heterocycles. The summed E-state index contributed by atoms with van der Waals surface area (Å²) in [4.78, 5) is 0.00718. The molecule has 20 heavy (non-hydrogen) atoms. The van der Waals surface area contributed by atoms with Gasteiger partial charge < -0.3 is 0 Å². The van der Waals surface area contributed by atoms with Gasteiger partial charge in [-0.05, 0) is 30.3 Å². The van der Waals surface area contributed by atoms with E-state index in [1.807, 2.05) is 0 Å². The topological polar surface area (TPSA) is 55.7 Å². The molecule has 0 N–H and O–H groups in total. The van der Waals surface area contributed by atoms with Crippen LogP contribution in [-0.2, 0) is 14.4 Å². The van der Waals surface area contributed by atoms with Crippen LogP contribution in [0.4, 0.5) is 0 Å². The SMILES string of the molecule is O=S(=O)(ON=[C]c1ccc(Cl)cc1Cl)c1ccccc1. The molecule has 0 spiro atoms. The lowest BCUT2D eigenvalue weighted by molar-refractivity contribution is 0.341. The van der Waals surface area contributed by atoms with Gasteiger partial charge in [0.15, 0.2) is 0 Å². The fourth-order valence-electron chi connectivity index (χ4n) is 1.33. The standard InChI is InChI=1S/C13H8Cl2NO3S/c14-11-7-6-10(13(15)8-11)9-16-19-20(17,18)12-4-2-1-3-5-12/h1-8H. The van der Waals surface area contributed by atoms with Gasteiger partial charge in [0.25, 0.3) is 0 Å². The minimum absolute atomic E-state index is 0.00718. The van der Waals surface area contributed by atoms with Crippen molar-refractivity contribution >= 4 is 39.5 Å². The molecule has 0 aliphatic heterocycles. The highest BCUT2D eigenvalue weighted by Gasteiger charge is 2.14. The zero-order valence-corrected chi connectivity index (χ0v) is 12.3. The third-order valence-corrected chi connectivity index (χ3v) is 3.93. The molecule has 2 aromatic rings. The van der Waals surface area contributed by atoms with Crippen LogP contribution in [0.25, 0.3) is 0 Å². The molecule has 2 aromatic carbocycles. The molecule has 0 amide bonds. The Morgan fingerprint density at radius 1 is 1.05 bits per heavy atom. The molecule has 0 aliphatic rings. The van der Waals surface area contributed by atoms with Crippen molar-refractivity contribution in [1.29, 1.82) is 0 Å². The first-order chi connectivity index (χ1) is 9.49. The van der Waals surface area contributed by atoms with Gasteiger partial charge in [0, 0.05) is 10.6 Å². The molecular formula is C13H8Cl2NO3S. The Bertz CT molecular complexity index is 731. The number of rotatable bonds is 4. The van der Waals surface area contributed by atoms with Crippen LogP contribution in [0.15, 0.2) is 58.6 Å². The fourth-order valence-corrected chi connectivity index (χ4v) is 2.49. The second-order valence-corrected chi connectivity index (χ2v) is 6.04. The molecule has 7 heteroatoms. The summed E-state index contributed by atoms with van der Waals surface area (Å²) in [6.07, 6.45) is 2.40. The van der Waals surface area contributed by atoms with Crippen molar-refractivity contribution in [1.82, 2.24) is 0 Å². The first-order valence-electron chi connectivity index (χ1n) is 5.39. The molecule has 0 saturated carbocycles. The Morgan fingerprint density at radius 2 is 1.75 bits per heavy atom. The summed E-state index contributed by atoms with van der Waals surface area (Å²) < 4.78 is 28.0. The highest BCUT2D eigenvalue weighted by molar-refractivity contribution is 7.86. The van der Waals surface area contributed by atoms with Crippen LogP contribution in [0.3, 0.4) is 0 Å². The monoisotopic (exact) mass is 328 g/mol. The lowest BCUT2D eigenvalue weighted by atomic mass is 10.2. The number of benzene rings is 2. The van der Waals surface area contributed by atoms with Gasteiger partial charge in [0.2, 0.25) is 0 Å². The maximum Gasteiger partial charge on any atom is 0.358 e. The molecule has 103 valence electrons. The second kappa shape index (κ2) is 6.26. The van der Waals surface area contributed by atoms with E-state index in [0.717, 1.165) is 0 Å². The average molecular weight is 329 g/mol. The zero-order chi connectivity index (χ0) is 14.6. The van der Waals surface area contributed by atoms with Crippen LogP contribution >= 0.6 is 23.2 Å². The lowest BCUT2D eigenvalue weighted by Crippen LogP contribution is -2.02. The summed E-state index contributed by atoms with van der Waals surface area (Å²) in [6.45, 7) is 0. The number of hydrogen-bond acceptors (Lipinski definition) is 4. The van der Waals surface area contributed by atoms with Gasteiger partial charge in [0.1, 0.15) is 11.1 Å². The van der Waals surface area contributed by atoms with Crippen LogP contribution in [-0.4, -0.2) is 14.6 Å². The van der Waals surface area contributed by atoms with E-state index < -0.39 is 10.1 Å². The van der Waals surface area contributed by atoms with Gasteiger partial charge in [-0.25, -0.2) is 0 Å². The van der Waals surface area contributed by atoms with E-state index in [1.165, 1.54) is 18.2 Å². The van der Waals surface area contributed by atoms with Crippen LogP contribution in [0.5, 0.6) is 0 Å². The van der Waals surface area contributed by atoms with E-state index in [4.69, 9.17) is 23.2 Å². The smallest absolute Gasteiger partial charge is 0.264 e. The predicted molar refractivity (Wildman–Crippen MR) is 77.7 cm³/mol. The average Bonchev–Trinajstić information content (AvgIpc) is 2.42. The van der Waals surface area contributed by atoms with Crippen LogP contribution in [0, 0.1) is 0 Å².